The van der Waals surface area contributed by atoms with Gasteiger partial charge in [0.2, 0.25) is 5.91 Å². The van der Waals surface area contributed by atoms with Gasteiger partial charge in [0, 0.05) is 19.6 Å². The molecule has 2 N–H and O–H groups in total. The van der Waals surface area contributed by atoms with Gasteiger partial charge in [-0.15, -0.1) is 0 Å². The third kappa shape index (κ3) is 3.43. The Hall–Kier alpha value is -1.62. The van der Waals surface area contributed by atoms with Crippen LogP contribution < -0.4 is 10.6 Å². The summed E-state index contributed by atoms with van der Waals surface area (Å²) in [7, 11) is 1.66. The quantitative estimate of drug-likeness (QED) is 0.756. The smallest absolute Gasteiger partial charge is 0.227 e. The molecule has 5 heteroatoms. The normalized spacial score (nSPS) is 14.9. The number of amides is 1. The van der Waals surface area contributed by atoms with E-state index in [0.29, 0.717) is 6.61 Å². The zero-order valence-corrected chi connectivity index (χ0v) is 10.6. The lowest BCUT2D eigenvalue weighted by Gasteiger charge is -2.23. The molecule has 0 radical (unpaired) electrons. The fraction of sp³-hybridized carbons (Fsp3) is 0.538. The van der Waals surface area contributed by atoms with Gasteiger partial charge in [0.05, 0.1) is 18.5 Å². The Kier molecular flexibility index (Phi) is 4.52. The third-order valence-electron chi connectivity index (χ3n) is 3.12. The molecule has 1 amide bonds. The summed E-state index contributed by atoms with van der Waals surface area (Å²) < 4.78 is 4.94. The van der Waals surface area contributed by atoms with Crippen molar-refractivity contribution in [2.45, 2.75) is 19.3 Å². The Labute approximate surface area is 107 Å². The van der Waals surface area contributed by atoms with Crippen molar-refractivity contribution in [2.75, 3.05) is 30.9 Å². The maximum atomic E-state index is 11.7. The maximum Gasteiger partial charge on any atom is 0.227 e. The number of aromatic nitrogens is 1. The summed E-state index contributed by atoms with van der Waals surface area (Å²) in [6.07, 6.45) is 4.86. The monoisotopic (exact) mass is 249 g/mol. The lowest BCUT2D eigenvalue weighted by atomic mass is 9.85. The SMILES string of the molecule is COCCNc1ccc(NC(=O)C2CCC2)cn1. The fourth-order valence-corrected chi connectivity index (χ4v) is 1.77. The summed E-state index contributed by atoms with van der Waals surface area (Å²) in [5, 5.41) is 6.01. The van der Waals surface area contributed by atoms with Crippen LogP contribution in [-0.2, 0) is 9.53 Å². The van der Waals surface area contributed by atoms with E-state index in [4.69, 9.17) is 4.74 Å². The van der Waals surface area contributed by atoms with Gasteiger partial charge in [-0.1, -0.05) is 6.42 Å². The number of nitrogens with one attached hydrogen (secondary N) is 2. The van der Waals surface area contributed by atoms with Crippen LogP contribution >= 0.6 is 0 Å². The molecule has 0 aliphatic heterocycles. The standard InChI is InChI=1S/C13H19N3O2/c1-18-8-7-14-12-6-5-11(9-15-12)16-13(17)10-3-2-4-10/h5-6,9-10H,2-4,7-8H2,1H3,(H,14,15)(H,16,17). The molecule has 0 atom stereocenters. The second-order valence-electron chi connectivity index (χ2n) is 4.47. The van der Waals surface area contributed by atoms with E-state index < -0.39 is 0 Å². The number of carbonyl (C=O) groups excluding carboxylic acids is 1. The van der Waals surface area contributed by atoms with Crippen molar-refractivity contribution >= 4 is 17.4 Å². The van der Waals surface area contributed by atoms with Gasteiger partial charge < -0.3 is 15.4 Å². The highest BCUT2D eigenvalue weighted by molar-refractivity contribution is 5.92. The van der Waals surface area contributed by atoms with Gasteiger partial charge in [0.1, 0.15) is 5.82 Å². The molecule has 0 unspecified atom stereocenters. The Morgan fingerprint density at radius 1 is 1.50 bits per heavy atom. The van der Waals surface area contributed by atoms with Crippen molar-refractivity contribution in [1.82, 2.24) is 4.98 Å². The van der Waals surface area contributed by atoms with Crippen LogP contribution in [0.1, 0.15) is 19.3 Å². The van der Waals surface area contributed by atoms with Gasteiger partial charge in [0.15, 0.2) is 0 Å². The summed E-state index contributed by atoms with van der Waals surface area (Å²) in [6.45, 7) is 1.36. The first-order chi connectivity index (χ1) is 8.79. The number of hydrogen-bond donors (Lipinski definition) is 2. The second kappa shape index (κ2) is 6.35. The summed E-state index contributed by atoms with van der Waals surface area (Å²) >= 11 is 0. The molecule has 5 nitrogen and oxygen atoms in total. The van der Waals surface area contributed by atoms with Crippen LogP contribution in [-0.4, -0.2) is 31.2 Å². The van der Waals surface area contributed by atoms with Gasteiger partial charge in [0.25, 0.3) is 0 Å². The van der Waals surface area contributed by atoms with E-state index in [-0.39, 0.29) is 11.8 Å². The van der Waals surface area contributed by atoms with Crippen LogP contribution in [0.2, 0.25) is 0 Å². The molecule has 1 aliphatic rings. The van der Waals surface area contributed by atoms with Crippen LogP contribution in [0.3, 0.4) is 0 Å². The van der Waals surface area contributed by atoms with Crippen LogP contribution in [0.15, 0.2) is 18.3 Å². The first kappa shape index (κ1) is 12.8. The Morgan fingerprint density at radius 2 is 2.33 bits per heavy atom. The minimum absolute atomic E-state index is 0.114. The topological polar surface area (TPSA) is 63.2 Å². The van der Waals surface area contributed by atoms with E-state index in [1.165, 1.54) is 6.42 Å². The molecular weight excluding hydrogens is 230 g/mol. The van der Waals surface area contributed by atoms with E-state index in [1.54, 1.807) is 13.3 Å². The number of anilines is 2. The average Bonchev–Trinajstić information content (AvgIpc) is 2.29. The molecule has 2 rings (SSSR count). The molecule has 1 aromatic rings. The third-order valence-corrected chi connectivity index (χ3v) is 3.12. The van der Waals surface area contributed by atoms with Gasteiger partial charge in [-0.3, -0.25) is 4.79 Å². The van der Waals surface area contributed by atoms with Crippen molar-refractivity contribution in [1.29, 1.82) is 0 Å². The van der Waals surface area contributed by atoms with Crippen LogP contribution in [0.5, 0.6) is 0 Å². The minimum Gasteiger partial charge on any atom is -0.383 e. The van der Waals surface area contributed by atoms with E-state index in [9.17, 15) is 4.79 Å². The predicted molar refractivity (Wildman–Crippen MR) is 70.6 cm³/mol. The van der Waals surface area contributed by atoms with Gasteiger partial charge >= 0.3 is 0 Å². The van der Waals surface area contributed by atoms with Gasteiger partial charge in [-0.05, 0) is 25.0 Å². The first-order valence-corrected chi connectivity index (χ1v) is 6.29. The van der Waals surface area contributed by atoms with Gasteiger partial charge in [-0.2, -0.15) is 0 Å². The van der Waals surface area contributed by atoms with Crippen molar-refractivity contribution < 1.29 is 9.53 Å². The molecule has 0 saturated heterocycles. The summed E-state index contributed by atoms with van der Waals surface area (Å²) in [4.78, 5) is 15.9. The first-order valence-electron chi connectivity index (χ1n) is 6.29. The number of ether oxygens (including phenoxy) is 1. The zero-order valence-electron chi connectivity index (χ0n) is 10.6. The molecule has 18 heavy (non-hydrogen) atoms. The number of rotatable bonds is 6. The van der Waals surface area contributed by atoms with E-state index in [2.05, 4.69) is 15.6 Å². The minimum atomic E-state index is 0.114. The van der Waals surface area contributed by atoms with Crippen molar-refractivity contribution in [3.63, 3.8) is 0 Å². The molecule has 1 fully saturated rings. The molecular formula is C13H19N3O2. The van der Waals surface area contributed by atoms with Crippen molar-refractivity contribution in [3.8, 4) is 0 Å². The highest BCUT2D eigenvalue weighted by atomic mass is 16.5. The molecule has 1 saturated carbocycles. The zero-order chi connectivity index (χ0) is 12.8. The Balaban J connectivity index is 1.81. The molecule has 0 bridgehead atoms. The summed E-state index contributed by atoms with van der Waals surface area (Å²) in [5.74, 6) is 1.10. The molecule has 1 aromatic heterocycles. The van der Waals surface area contributed by atoms with Crippen LogP contribution in [0, 0.1) is 5.92 Å². The molecule has 1 aliphatic carbocycles. The number of pyridine rings is 1. The summed E-state index contributed by atoms with van der Waals surface area (Å²) in [5.41, 5.74) is 0.754. The molecule has 98 valence electrons. The highest BCUT2D eigenvalue weighted by Gasteiger charge is 2.25. The number of carbonyl (C=O) groups is 1. The second-order valence-corrected chi connectivity index (χ2v) is 4.47. The predicted octanol–water partition coefficient (Wildman–Crippen LogP) is 1.88. The van der Waals surface area contributed by atoms with E-state index >= 15 is 0 Å². The van der Waals surface area contributed by atoms with Crippen molar-refractivity contribution in [3.05, 3.63) is 18.3 Å². The molecule has 0 spiro atoms. The number of methoxy groups -OCH3 is 1. The number of nitrogens with zero attached hydrogens (tertiary/aromatic N) is 1. The fourth-order valence-electron chi connectivity index (χ4n) is 1.77. The molecule has 0 aromatic carbocycles. The number of hydrogen-bond acceptors (Lipinski definition) is 4. The maximum absolute atomic E-state index is 11.7. The van der Waals surface area contributed by atoms with Crippen LogP contribution in [0.25, 0.3) is 0 Å². The highest BCUT2D eigenvalue weighted by Crippen LogP contribution is 2.27. The lowest BCUT2D eigenvalue weighted by molar-refractivity contribution is -0.122. The lowest BCUT2D eigenvalue weighted by Crippen LogP contribution is -2.28. The average molecular weight is 249 g/mol. The van der Waals surface area contributed by atoms with Gasteiger partial charge in [-0.25, -0.2) is 4.98 Å². The Morgan fingerprint density at radius 3 is 2.89 bits per heavy atom. The van der Waals surface area contributed by atoms with E-state index in [0.717, 1.165) is 30.9 Å². The summed E-state index contributed by atoms with van der Waals surface area (Å²) in [6, 6.07) is 3.71. The largest absolute Gasteiger partial charge is 0.383 e. The molecule has 1 heterocycles. The van der Waals surface area contributed by atoms with Crippen LogP contribution in [0.4, 0.5) is 11.5 Å². The Bertz CT molecular complexity index is 388. The van der Waals surface area contributed by atoms with Crippen molar-refractivity contribution in [2.24, 2.45) is 5.92 Å². The van der Waals surface area contributed by atoms with E-state index in [1.807, 2.05) is 12.1 Å².